The topological polar surface area (TPSA) is 81.8 Å². The number of imide groups is 1. The van der Waals surface area contributed by atoms with Gasteiger partial charge in [-0.3, -0.25) is 14.5 Å². The molecule has 3 rings (SSSR count). The molecular weight excluding hydrogens is 320 g/mol. The van der Waals surface area contributed by atoms with E-state index in [9.17, 15) is 14.4 Å². The molecule has 1 unspecified atom stereocenters. The molecule has 4 amide bonds. The van der Waals surface area contributed by atoms with E-state index in [0.717, 1.165) is 30.6 Å². The highest BCUT2D eigenvalue weighted by atomic mass is 35.5. The minimum absolute atomic E-state index is 0. The molecule has 2 saturated heterocycles. The number of halogens is 1. The minimum atomic E-state index is -0.729. The summed E-state index contributed by atoms with van der Waals surface area (Å²) in [6, 6.07) is -0.121. The van der Waals surface area contributed by atoms with Crippen molar-refractivity contribution in [3.63, 3.8) is 0 Å². The molecule has 130 valence electrons. The van der Waals surface area contributed by atoms with Gasteiger partial charge in [-0.1, -0.05) is 12.8 Å². The van der Waals surface area contributed by atoms with Crippen LogP contribution in [0.3, 0.4) is 0 Å². The monoisotopic (exact) mass is 344 g/mol. The van der Waals surface area contributed by atoms with Gasteiger partial charge in [0.25, 0.3) is 5.91 Å². The molecule has 2 aliphatic heterocycles. The minimum Gasteiger partial charge on any atom is -0.340 e. The molecule has 1 spiro atoms. The number of urea groups is 1. The summed E-state index contributed by atoms with van der Waals surface area (Å²) < 4.78 is 0. The number of carbonyl (C=O) groups is 3. The third kappa shape index (κ3) is 3.30. The van der Waals surface area contributed by atoms with Crippen molar-refractivity contribution < 1.29 is 14.4 Å². The van der Waals surface area contributed by atoms with Gasteiger partial charge in [-0.15, -0.1) is 12.4 Å². The lowest BCUT2D eigenvalue weighted by atomic mass is 9.98. The largest absolute Gasteiger partial charge is 0.340 e. The maximum Gasteiger partial charge on any atom is 0.325 e. The number of piperidine rings is 1. The summed E-state index contributed by atoms with van der Waals surface area (Å²) >= 11 is 0. The standard InChI is InChI=1S/C15H24N4O3.ClH/c1-16-11-5-4-8-18(9-11)12(20)10-19-13(21)15(17-14(19)22)6-2-3-7-15;/h11,16H,2-10H2,1H3,(H,17,22);1H. The Morgan fingerprint density at radius 2 is 2.00 bits per heavy atom. The van der Waals surface area contributed by atoms with E-state index in [2.05, 4.69) is 10.6 Å². The van der Waals surface area contributed by atoms with Crippen LogP contribution in [0.15, 0.2) is 0 Å². The van der Waals surface area contributed by atoms with Crippen molar-refractivity contribution in [1.29, 1.82) is 0 Å². The third-order valence-electron chi connectivity index (χ3n) is 5.18. The highest BCUT2D eigenvalue weighted by Crippen LogP contribution is 2.35. The first-order valence-corrected chi connectivity index (χ1v) is 8.15. The second-order valence-electron chi connectivity index (χ2n) is 6.58. The van der Waals surface area contributed by atoms with Gasteiger partial charge in [0.05, 0.1) is 0 Å². The Hall–Kier alpha value is -1.34. The highest BCUT2D eigenvalue weighted by molar-refractivity contribution is 6.09. The Morgan fingerprint density at radius 1 is 1.30 bits per heavy atom. The van der Waals surface area contributed by atoms with E-state index in [1.165, 1.54) is 0 Å². The van der Waals surface area contributed by atoms with Gasteiger partial charge in [-0.05, 0) is 32.7 Å². The van der Waals surface area contributed by atoms with Gasteiger partial charge < -0.3 is 15.5 Å². The molecule has 0 bridgehead atoms. The Kier molecular flexibility index (Phi) is 5.52. The van der Waals surface area contributed by atoms with E-state index in [0.29, 0.717) is 32.0 Å². The predicted octanol–water partition coefficient (Wildman–Crippen LogP) is 0.483. The number of nitrogens with zero attached hydrogens (tertiary/aromatic N) is 2. The first kappa shape index (κ1) is 18.0. The summed E-state index contributed by atoms with van der Waals surface area (Å²) in [5, 5.41) is 6.00. The average molecular weight is 345 g/mol. The van der Waals surface area contributed by atoms with Crippen molar-refractivity contribution in [3.8, 4) is 0 Å². The van der Waals surface area contributed by atoms with Crippen molar-refractivity contribution in [2.24, 2.45) is 0 Å². The van der Waals surface area contributed by atoms with Crippen LogP contribution < -0.4 is 10.6 Å². The smallest absolute Gasteiger partial charge is 0.325 e. The van der Waals surface area contributed by atoms with Crippen LogP contribution in [0, 0.1) is 0 Å². The fourth-order valence-corrected chi connectivity index (χ4v) is 3.81. The molecule has 7 nitrogen and oxygen atoms in total. The maximum absolute atomic E-state index is 12.5. The second kappa shape index (κ2) is 7.05. The van der Waals surface area contributed by atoms with Crippen molar-refractivity contribution >= 4 is 30.3 Å². The summed E-state index contributed by atoms with van der Waals surface area (Å²) in [7, 11) is 1.89. The van der Waals surface area contributed by atoms with Crippen LogP contribution in [0.4, 0.5) is 4.79 Å². The molecule has 0 aromatic rings. The second-order valence-corrected chi connectivity index (χ2v) is 6.58. The lowest BCUT2D eigenvalue weighted by molar-refractivity contribution is -0.139. The SMILES string of the molecule is CNC1CCCN(C(=O)CN2C(=O)NC3(CCCC3)C2=O)C1.Cl. The highest BCUT2D eigenvalue weighted by Gasteiger charge is 2.52. The van der Waals surface area contributed by atoms with E-state index in [4.69, 9.17) is 0 Å². The Morgan fingerprint density at radius 3 is 2.65 bits per heavy atom. The number of likely N-dealkylation sites (tertiary alicyclic amines) is 1. The molecule has 1 atom stereocenters. The van der Waals surface area contributed by atoms with Crippen LogP contribution in [0.5, 0.6) is 0 Å². The van der Waals surface area contributed by atoms with Crippen LogP contribution in [0.2, 0.25) is 0 Å². The summed E-state index contributed by atoms with van der Waals surface area (Å²) in [5.74, 6) is -0.357. The first-order chi connectivity index (χ1) is 10.6. The summed E-state index contributed by atoms with van der Waals surface area (Å²) in [4.78, 5) is 39.9. The Balaban J connectivity index is 0.00000192. The van der Waals surface area contributed by atoms with E-state index >= 15 is 0 Å². The van der Waals surface area contributed by atoms with Gasteiger partial charge in [0.2, 0.25) is 5.91 Å². The number of hydrogen-bond donors (Lipinski definition) is 2. The number of amides is 4. The molecule has 1 saturated carbocycles. The van der Waals surface area contributed by atoms with Crippen molar-refractivity contribution in [2.45, 2.75) is 50.1 Å². The van der Waals surface area contributed by atoms with E-state index < -0.39 is 11.6 Å². The summed E-state index contributed by atoms with van der Waals surface area (Å²) in [6.07, 6.45) is 5.27. The van der Waals surface area contributed by atoms with Gasteiger partial charge in [-0.2, -0.15) is 0 Å². The Labute approximate surface area is 142 Å². The van der Waals surface area contributed by atoms with Gasteiger partial charge in [0, 0.05) is 19.1 Å². The molecule has 1 aliphatic carbocycles. The number of nitrogens with one attached hydrogen (secondary N) is 2. The van der Waals surface area contributed by atoms with E-state index in [-0.39, 0.29) is 30.8 Å². The van der Waals surface area contributed by atoms with Crippen LogP contribution in [0.25, 0.3) is 0 Å². The van der Waals surface area contributed by atoms with Crippen LogP contribution in [-0.4, -0.2) is 65.9 Å². The fourth-order valence-electron chi connectivity index (χ4n) is 3.81. The predicted molar refractivity (Wildman–Crippen MR) is 87.4 cm³/mol. The lowest BCUT2D eigenvalue weighted by Crippen LogP contribution is -2.51. The van der Waals surface area contributed by atoms with E-state index in [1.54, 1.807) is 4.90 Å². The zero-order valence-corrected chi connectivity index (χ0v) is 14.3. The molecule has 2 heterocycles. The average Bonchev–Trinajstić information content (AvgIpc) is 3.08. The maximum atomic E-state index is 12.5. The van der Waals surface area contributed by atoms with Crippen molar-refractivity contribution in [2.75, 3.05) is 26.7 Å². The molecule has 2 N–H and O–H groups in total. The number of rotatable bonds is 3. The molecule has 0 radical (unpaired) electrons. The molecule has 8 heteroatoms. The number of likely N-dealkylation sites (N-methyl/N-ethyl adjacent to an activating group) is 1. The van der Waals surface area contributed by atoms with Crippen LogP contribution in [0.1, 0.15) is 38.5 Å². The molecule has 0 aromatic heterocycles. The molecule has 0 aromatic carbocycles. The zero-order chi connectivity index (χ0) is 15.7. The molecular formula is C15H25ClN4O3. The summed E-state index contributed by atoms with van der Waals surface area (Å²) in [5.41, 5.74) is -0.729. The van der Waals surface area contributed by atoms with Crippen molar-refractivity contribution in [3.05, 3.63) is 0 Å². The summed E-state index contributed by atoms with van der Waals surface area (Å²) in [6.45, 7) is 1.21. The fraction of sp³-hybridized carbons (Fsp3) is 0.800. The molecule has 3 fully saturated rings. The van der Waals surface area contributed by atoms with Gasteiger partial charge >= 0.3 is 6.03 Å². The van der Waals surface area contributed by atoms with Gasteiger partial charge in [0.15, 0.2) is 0 Å². The van der Waals surface area contributed by atoms with Gasteiger partial charge in [-0.25, -0.2) is 4.79 Å². The van der Waals surface area contributed by atoms with E-state index in [1.807, 2.05) is 7.05 Å². The normalized spacial score (nSPS) is 26.4. The van der Waals surface area contributed by atoms with Crippen molar-refractivity contribution in [1.82, 2.24) is 20.4 Å². The number of hydrogen-bond acceptors (Lipinski definition) is 4. The third-order valence-corrected chi connectivity index (χ3v) is 5.18. The zero-order valence-electron chi connectivity index (χ0n) is 13.5. The van der Waals surface area contributed by atoms with Gasteiger partial charge in [0.1, 0.15) is 12.1 Å². The quantitative estimate of drug-likeness (QED) is 0.730. The molecule has 3 aliphatic rings. The molecule has 23 heavy (non-hydrogen) atoms. The van der Waals surface area contributed by atoms with Crippen LogP contribution in [-0.2, 0) is 9.59 Å². The number of carbonyl (C=O) groups excluding carboxylic acids is 3. The lowest BCUT2D eigenvalue weighted by Gasteiger charge is -2.33. The first-order valence-electron chi connectivity index (χ1n) is 8.15. The Bertz CT molecular complexity index is 493. The van der Waals surface area contributed by atoms with Crippen LogP contribution >= 0.6 is 12.4 Å².